The number of rotatable bonds is 4. The van der Waals surface area contributed by atoms with E-state index in [4.69, 9.17) is 15.6 Å². The Labute approximate surface area is 141 Å². The number of nitrogen functional groups attached to an aromatic ring is 1. The van der Waals surface area contributed by atoms with Gasteiger partial charge < -0.3 is 20.5 Å². The summed E-state index contributed by atoms with van der Waals surface area (Å²) in [6.07, 6.45) is 2.22. The average Bonchev–Trinajstić information content (AvgIpc) is 2.57. The molecular formula is C19H20N2O3. The smallest absolute Gasteiger partial charge is 0.294 e. The molecule has 124 valence electrons. The Bertz CT molecular complexity index is 782. The van der Waals surface area contributed by atoms with Crippen LogP contribution in [0.25, 0.3) is 6.08 Å². The first-order chi connectivity index (χ1) is 11.6. The lowest BCUT2D eigenvalue weighted by Crippen LogP contribution is -2.38. The van der Waals surface area contributed by atoms with Gasteiger partial charge in [-0.3, -0.25) is 4.79 Å². The van der Waals surface area contributed by atoms with E-state index in [-0.39, 0.29) is 18.3 Å². The number of anilines is 2. The van der Waals surface area contributed by atoms with Crippen LogP contribution in [0.15, 0.2) is 48.2 Å². The summed E-state index contributed by atoms with van der Waals surface area (Å²) in [5.74, 6) is 0.571. The minimum Gasteiger partial charge on any atom is -0.449 e. The van der Waals surface area contributed by atoms with Crippen molar-refractivity contribution in [1.82, 2.24) is 0 Å². The van der Waals surface area contributed by atoms with Crippen LogP contribution in [0, 0.1) is 6.92 Å². The summed E-state index contributed by atoms with van der Waals surface area (Å²) in [4.78, 5) is 14.4. The van der Waals surface area contributed by atoms with Crippen LogP contribution in [0.3, 0.4) is 0 Å². The first-order valence-corrected chi connectivity index (χ1v) is 7.87. The number of fused-ring (bicyclic) bond motifs is 1. The van der Waals surface area contributed by atoms with Crippen LogP contribution in [-0.2, 0) is 4.79 Å². The van der Waals surface area contributed by atoms with E-state index in [0.29, 0.717) is 30.1 Å². The van der Waals surface area contributed by atoms with Gasteiger partial charge >= 0.3 is 0 Å². The van der Waals surface area contributed by atoms with Gasteiger partial charge in [0, 0.05) is 24.9 Å². The summed E-state index contributed by atoms with van der Waals surface area (Å²) in [5, 5.41) is 9.10. The third-order valence-electron chi connectivity index (χ3n) is 3.87. The Kier molecular flexibility index (Phi) is 4.53. The van der Waals surface area contributed by atoms with E-state index in [1.54, 1.807) is 29.2 Å². The number of nitrogens with zero attached hydrogens (tertiary/aromatic N) is 1. The van der Waals surface area contributed by atoms with Crippen molar-refractivity contribution in [3.8, 4) is 5.75 Å². The highest BCUT2D eigenvalue weighted by atomic mass is 16.5. The van der Waals surface area contributed by atoms with Gasteiger partial charge in [-0.25, -0.2) is 0 Å². The zero-order valence-corrected chi connectivity index (χ0v) is 13.5. The normalized spacial score (nSPS) is 15.3. The van der Waals surface area contributed by atoms with Crippen LogP contribution in [0.2, 0.25) is 0 Å². The van der Waals surface area contributed by atoms with Gasteiger partial charge in [0.15, 0.2) is 11.5 Å². The molecule has 0 unspecified atom stereocenters. The number of carbonyl (C=O) groups excluding carboxylic acids is 1. The number of amides is 1. The number of carbonyl (C=O) groups is 1. The molecule has 2 aromatic carbocycles. The molecule has 24 heavy (non-hydrogen) atoms. The summed E-state index contributed by atoms with van der Waals surface area (Å²) in [5.41, 5.74) is 9.11. The zero-order valence-electron chi connectivity index (χ0n) is 13.5. The molecule has 1 heterocycles. The lowest BCUT2D eigenvalue weighted by atomic mass is 10.1. The molecule has 0 radical (unpaired) electrons. The number of benzene rings is 2. The van der Waals surface area contributed by atoms with Crippen molar-refractivity contribution in [2.75, 3.05) is 23.8 Å². The maximum Gasteiger partial charge on any atom is 0.294 e. The van der Waals surface area contributed by atoms with E-state index in [0.717, 1.165) is 11.1 Å². The van der Waals surface area contributed by atoms with Crippen molar-refractivity contribution in [3.63, 3.8) is 0 Å². The van der Waals surface area contributed by atoms with Gasteiger partial charge in [-0.1, -0.05) is 29.8 Å². The van der Waals surface area contributed by atoms with Crippen LogP contribution in [0.1, 0.15) is 17.5 Å². The highest BCUT2D eigenvalue weighted by Gasteiger charge is 2.30. The quantitative estimate of drug-likeness (QED) is 0.670. The fourth-order valence-corrected chi connectivity index (χ4v) is 2.60. The number of nitrogens with two attached hydrogens (primary N) is 1. The highest BCUT2D eigenvalue weighted by molar-refractivity contribution is 6.10. The van der Waals surface area contributed by atoms with Crippen LogP contribution in [-0.4, -0.2) is 24.2 Å². The molecule has 2 aromatic rings. The Balaban J connectivity index is 1.99. The van der Waals surface area contributed by atoms with Gasteiger partial charge in [-0.15, -0.1) is 0 Å². The molecular weight excluding hydrogens is 304 g/mol. The number of aliphatic hydroxyl groups excluding tert-OH is 1. The Morgan fingerprint density at radius 3 is 2.67 bits per heavy atom. The molecule has 1 aliphatic heterocycles. The molecule has 0 atom stereocenters. The van der Waals surface area contributed by atoms with E-state index in [1.165, 1.54) is 0 Å². The molecule has 5 heteroatoms. The lowest BCUT2D eigenvalue weighted by Gasteiger charge is -2.30. The summed E-state index contributed by atoms with van der Waals surface area (Å²) >= 11 is 0. The average molecular weight is 324 g/mol. The third-order valence-corrected chi connectivity index (χ3v) is 3.87. The largest absolute Gasteiger partial charge is 0.449 e. The standard InChI is InChI=1S/C19H20N2O3/c1-13-3-5-14(6-4-13)11-18-19(23)21(9-2-10-22)16-8-7-15(20)12-17(16)24-18/h3-8,11-12,22H,2,9-10,20H2,1H3/b18-11+. The SMILES string of the molecule is Cc1ccc(/C=C2/Oc3cc(N)ccc3N(CCCO)C2=O)cc1. The molecule has 0 saturated heterocycles. The Morgan fingerprint density at radius 2 is 1.96 bits per heavy atom. The summed E-state index contributed by atoms with van der Waals surface area (Å²) in [7, 11) is 0. The van der Waals surface area contributed by atoms with Gasteiger partial charge in [0.1, 0.15) is 0 Å². The van der Waals surface area contributed by atoms with Crippen molar-refractivity contribution < 1.29 is 14.6 Å². The summed E-state index contributed by atoms with van der Waals surface area (Å²) in [6, 6.07) is 13.0. The number of aliphatic hydroxyl groups is 1. The Morgan fingerprint density at radius 1 is 1.21 bits per heavy atom. The molecule has 0 spiro atoms. The summed E-state index contributed by atoms with van der Waals surface area (Å²) in [6.45, 7) is 2.45. The molecule has 1 amide bonds. The molecule has 1 aliphatic rings. The second-order valence-electron chi connectivity index (χ2n) is 5.78. The predicted molar refractivity (Wildman–Crippen MR) is 94.7 cm³/mol. The predicted octanol–water partition coefficient (Wildman–Crippen LogP) is 2.73. The van der Waals surface area contributed by atoms with Crippen molar-refractivity contribution in [2.45, 2.75) is 13.3 Å². The fraction of sp³-hybridized carbons (Fsp3) is 0.211. The number of hydrogen-bond donors (Lipinski definition) is 2. The third kappa shape index (κ3) is 3.26. The van der Waals surface area contributed by atoms with Crippen LogP contribution in [0.4, 0.5) is 11.4 Å². The van der Waals surface area contributed by atoms with E-state index >= 15 is 0 Å². The van der Waals surface area contributed by atoms with Crippen molar-refractivity contribution >= 4 is 23.4 Å². The minimum atomic E-state index is -0.221. The van der Waals surface area contributed by atoms with Crippen LogP contribution < -0.4 is 15.4 Å². The van der Waals surface area contributed by atoms with Gasteiger partial charge in [0.25, 0.3) is 5.91 Å². The van der Waals surface area contributed by atoms with E-state index < -0.39 is 0 Å². The first kappa shape index (κ1) is 16.1. The monoisotopic (exact) mass is 324 g/mol. The molecule has 0 aliphatic carbocycles. The number of ether oxygens (including phenoxy) is 1. The molecule has 3 N–H and O–H groups in total. The van der Waals surface area contributed by atoms with Gasteiger partial charge in [-0.2, -0.15) is 0 Å². The van der Waals surface area contributed by atoms with Crippen LogP contribution >= 0.6 is 0 Å². The number of aryl methyl sites for hydroxylation is 1. The molecule has 0 saturated carbocycles. The molecule has 0 bridgehead atoms. The van der Waals surface area contributed by atoms with Crippen molar-refractivity contribution in [2.24, 2.45) is 0 Å². The first-order valence-electron chi connectivity index (χ1n) is 7.87. The second-order valence-corrected chi connectivity index (χ2v) is 5.78. The van der Waals surface area contributed by atoms with Gasteiger partial charge in [0.05, 0.1) is 5.69 Å². The maximum atomic E-state index is 12.8. The van der Waals surface area contributed by atoms with E-state index in [2.05, 4.69) is 0 Å². The van der Waals surface area contributed by atoms with Crippen molar-refractivity contribution in [3.05, 3.63) is 59.4 Å². The highest BCUT2D eigenvalue weighted by Crippen LogP contribution is 2.37. The molecule has 0 aromatic heterocycles. The molecule has 0 fully saturated rings. The maximum absolute atomic E-state index is 12.8. The van der Waals surface area contributed by atoms with Gasteiger partial charge in [-0.05, 0) is 37.1 Å². The Hall–Kier alpha value is -2.79. The number of hydrogen-bond acceptors (Lipinski definition) is 4. The topological polar surface area (TPSA) is 75.8 Å². The summed E-state index contributed by atoms with van der Waals surface area (Å²) < 4.78 is 5.80. The minimum absolute atomic E-state index is 0.0198. The molecule has 3 rings (SSSR count). The lowest BCUT2D eigenvalue weighted by molar-refractivity contribution is -0.117. The zero-order chi connectivity index (χ0) is 17.1. The molecule has 5 nitrogen and oxygen atoms in total. The van der Waals surface area contributed by atoms with Crippen molar-refractivity contribution in [1.29, 1.82) is 0 Å². The fourth-order valence-electron chi connectivity index (χ4n) is 2.60. The van der Waals surface area contributed by atoms with E-state index in [1.807, 2.05) is 31.2 Å². The second kappa shape index (κ2) is 6.76. The van der Waals surface area contributed by atoms with Crippen LogP contribution in [0.5, 0.6) is 5.75 Å². The van der Waals surface area contributed by atoms with Gasteiger partial charge in [0.2, 0.25) is 0 Å². The van der Waals surface area contributed by atoms with E-state index in [9.17, 15) is 4.79 Å².